The lowest BCUT2D eigenvalue weighted by atomic mass is 10.2. The Labute approximate surface area is 199 Å². The van der Waals surface area contributed by atoms with Gasteiger partial charge in [-0.1, -0.05) is 31.2 Å². The highest BCUT2D eigenvalue weighted by atomic mass is 79.9. The summed E-state index contributed by atoms with van der Waals surface area (Å²) in [6.45, 7) is 6.85. The number of carbonyl (C=O) groups is 1. The molecule has 2 aromatic rings. The topological polar surface area (TPSA) is 57.3 Å². The molecule has 10 heteroatoms. The third kappa shape index (κ3) is 8.05. The Morgan fingerprint density at radius 1 is 1.28 bits per heavy atom. The quantitative estimate of drug-likeness (QED) is 0.192. The number of carbonyl (C=O) groups excluding carboxylic acids is 1. The van der Waals surface area contributed by atoms with Crippen LogP contribution in [0.3, 0.4) is 0 Å². The van der Waals surface area contributed by atoms with E-state index in [0.717, 1.165) is 42.9 Å². The summed E-state index contributed by atoms with van der Waals surface area (Å²) in [4.78, 5) is 17.9. The first-order valence-electron chi connectivity index (χ1n) is 10.1. The number of anilines is 2. The molecule has 0 aliphatic rings. The highest BCUT2D eigenvalue weighted by Gasteiger charge is 2.34. The smallest absolute Gasteiger partial charge is 0.385 e. The Kier molecular flexibility index (Phi) is 9.89. The first kappa shape index (κ1) is 26.1. The lowest BCUT2D eigenvalue weighted by molar-refractivity contribution is -0.139. The number of urea groups is 1. The average molecular weight is 531 g/mol. The normalized spacial score (nSPS) is 11.2. The van der Waals surface area contributed by atoms with E-state index in [1.54, 1.807) is 25.3 Å². The third-order valence-corrected chi connectivity index (χ3v) is 5.80. The molecule has 1 aromatic carbocycles. The molecule has 0 aliphatic heterocycles. The van der Waals surface area contributed by atoms with E-state index in [4.69, 9.17) is 0 Å². The SMILES string of the molecule is C=CCCN(C)C(=O)Nc1ccc(Sc2cc(NCCCC)cc(Br)n2)c(C(F)(F)F)c1. The Bertz CT molecular complexity index is 940. The molecule has 0 atom stereocenters. The van der Waals surface area contributed by atoms with Crippen LogP contribution in [-0.2, 0) is 6.18 Å². The van der Waals surface area contributed by atoms with E-state index in [9.17, 15) is 18.0 Å². The van der Waals surface area contributed by atoms with Crippen LogP contribution in [0.15, 0.2) is 57.5 Å². The van der Waals surface area contributed by atoms with Crippen molar-refractivity contribution in [2.75, 3.05) is 30.8 Å². The number of aromatic nitrogens is 1. The third-order valence-electron chi connectivity index (χ3n) is 4.40. The fourth-order valence-electron chi connectivity index (χ4n) is 2.67. The molecule has 0 unspecified atom stereocenters. The number of nitrogens with zero attached hydrogens (tertiary/aromatic N) is 2. The molecule has 5 nitrogen and oxygen atoms in total. The van der Waals surface area contributed by atoms with Gasteiger partial charge in [-0.05, 0) is 59.1 Å². The summed E-state index contributed by atoms with van der Waals surface area (Å²) >= 11 is 4.24. The lowest BCUT2D eigenvalue weighted by Gasteiger charge is -2.19. The van der Waals surface area contributed by atoms with Crippen molar-refractivity contribution in [3.05, 3.63) is 53.2 Å². The lowest BCUT2D eigenvalue weighted by Crippen LogP contribution is -2.32. The highest BCUT2D eigenvalue weighted by molar-refractivity contribution is 9.10. The predicted octanol–water partition coefficient (Wildman–Crippen LogP) is 7.27. The van der Waals surface area contributed by atoms with Gasteiger partial charge in [0, 0.05) is 36.4 Å². The summed E-state index contributed by atoms with van der Waals surface area (Å²) in [5, 5.41) is 6.18. The Hall–Kier alpha value is -2.20. The van der Waals surface area contributed by atoms with E-state index in [1.165, 1.54) is 17.0 Å². The van der Waals surface area contributed by atoms with Gasteiger partial charge in [-0.25, -0.2) is 9.78 Å². The Balaban J connectivity index is 2.25. The van der Waals surface area contributed by atoms with Crippen LogP contribution in [0.2, 0.25) is 0 Å². The molecule has 0 bridgehead atoms. The zero-order valence-electron chi connectivity index (χ0n) is 17.9. The van der Waals surface area contributed by atoms with Crippen molar-refractivity contribution in [2.45, 2.75) is 42.3 Å². The van der Waals surface area contributed by atoms with Gasteiger partial charge < -0.3 is 15.5 Å². The number of rotatable bonds is 10. The number of pyridine rings is 1. The van der Waals surface area contributed by atoms with E-state index in [2.05, 4.69) is 45.1 Å². The molecule has 2 rings (SSSR count). The molecule has 0 radical (unpaired) electrons. The molecular weight excluding hydrogens is 505 g/mol. The second-order valence-electron chi connectivity index (χ2n) is 7.04. The highest BCUT2D eigenvalue weighted by Crippen LogP contribution is 2.41. The molecule has 0 saturated carbocycles. The molecule has 32 heavy (non-hydrogen) atoms. The van der Waals surface area contributed by atoms with Crippen LogP contribution in [0.1, 0.15) is 31.7 Å². The van der Waals surface area contributed by atoms with Crippen molar-refractivity contribution >= 4 is 45.1 Å². The Morgan fingerprint density at radius 2 is 2.03 bits per heavy atom. The minimum Gasteiger partial charge on any atom is -0.385 e. The summed E-state index contributed by atoms with van der Waals surface area (Å²) in [5.74, 6) is 0. The van der Waals surface area contributed by atoms with Crippen molar-refractivity contribution in [1.82, 2.24) is 9.88 Å². The Morgan fingerprint density at radius 3 is 2.69 bits per heavy atom. The molecule has 174 valence electrons. The maximum Gasteiger partial charge on any atom is 0.417 e. The van der Waals surface area contributed by atoms with Gasteiger partial charge in [-0.2, -0.15) is 13.2 Å². The zero-order chi connectivity index (χ0) is 23.7. The molecule has 1 aromatic heterocycles. The number of hydrogen-bond donors (Lipinski definition) is 2. The van der Waals surface area contributed by atoms with E-state index in [-0.39, 0.29) is 10.6 Å². The van der Waals surface area contributed by atoms with Crippen LogP contribution >= 0.6 is 27.7 Å². The largest absolute Gasteiger partial charge is 0.417 e. The summed E-state index contributed by atoms with van der Waals surface area (Å²) in [6, 6.07) is 6.76. The zero-order valence-corrected chi connectivity index (χ0v) is 20.3. The molecule has 1 heterocycles. The summed E-state index contributed by atoms with van der Waals surface area (Å²) < 4.78 is 41.8. The molecule has 0 spiro atoms. The van der Waals surface area contributed by atoms with E-state index in [1.807, 2.05) is 0 Å². The van der Waals surface area contributed by atoms with Crippen molar-refractivity contribution in [1.29, 1.82) is 0 Å². The standard InChI is InChI=1S/C22H26BrF3N4OS/c1-4-6-10-27-16-13-19(23)29-20(14-16)32-18-9-8-15(12-17(18)22(24,25)26)28-21(31)30(3)11-7-5-2/h5,8-9,12-14H,2,4,6-7,10-11H2,1,3H3,(H,27,29)(H,28,31). The predicted molar refractivity (Wildman–Crippen MR) is 127 cm³/mol. The number of alkyl halides is 3. The molecule has 2 N–H and O–H groups in total. The molecule has 0 fully saturated rings. The van der Waals surface area contributed by atoms with Crippen molar-refractivity contribution in [3.63, 3.8) is 0 Å². The number of amides is 2. The van der Waals surface area contributed by atoms with Gasteiger partial charge in [0.15, 0.2) is 0 Å². The monoisotopic (exact) mass is 530 g/mol. The van der Waals surface area contributed by atoms with Gasteiger partial charge in [0.05, 0.1) is 5.56 Å². The minimum atomic E-state index is -4.59. The van der Waals surface area contributed by atoms with Gasteiger partial charge in [0.1, 0.15) is 9.63 Å². The van der Waals surface area contributed by atoms with Crippen LogP contribution in [-0.4, -0.2) is 36.1 Å². The van der Waals surface area contributed by atoms with Crippen LogP contribution in [0.25, 0.3) is 0 Å². The van der Waals surface area contributed by atoms with Gasteiger partial charge >= 0.3 is 12.2 Å². The van der Waals surface area contributed by atoms with Gasteiger partial charge in [-0.3, -0.25) is 0 Å². The number of halogens is 4. The number of hydrogen-bond acceptors (Lipinski definition) is 4. The fourth-order valence-corrected chi connectivity index (χ4v) is 4.20. The molecule has 0 saturated heterocycles. The average Bonchev–Trinajstić information content (AvgIpc) is 2.72. The van der Waals surface area contributed by atoms with Gasteiger partial charge in [0.2, 0.25) is 0 Å². The second kappa shape index (κ2) is 12.2. The molecule has 2 amide bonds. The van der Waals surface area contributed by atoms with Crippen LogP contribution in [0.4, 0.5) is 29.3 Å². The summed E-state index contributed by atoms with van der Waals surface area (Å²) in [6.07, 6.45) is -0.328. The second-order valence-corrected chi connectivity index (χ2v) is 8.91. The van der Waals surface area contributed by atoms with Crippen molar-refractivity contribution in [3.8, 4) is 0 Å². The van der Waals surface area contributed by atoms with Crippen LogP contribution in [0, 0.1) is 0 Å². The van der Waals surface area contributed by atoms with Gasteiger partial charge in [0.25, 0.3) is 0 Å². The van der Waals surface area contributed by atoms with Crippen LogP contribution < -0.4 is 10.6 Å². The maximum atomic E-state index is 13.8. The van der Waals surface area contributed by atoms with E-state index in [0.29, 0.717) is 22.6 Å². The minimum absolute atomic E-state index is 0.000573. The van der Waals surface area contributed by atoms with Crippen molar-refractivity contribution < 1.29 is 18.0 Å². The van der Waals surface area contributed by atoms with Crippen molar-refractivity contribution in [2.24, 2.45) is 0 Å². The maximum absolute atomic E-state index is 13.8. The van der Waals surface area contributed by atoms with E-state index >= 15 is 0 Å². The van der Waals surface area contributed by atoms with Crippen LogP contribution in [0.5, 0.6) is 0 Å². The first-order chi connectivity index (χ1) is 15.1. The first-order valence-corrected chi connectivity index (χ1v) is 11.7. The molecular formula is C22H26BrF3N4OS. The number of unbranched alkanes of at least 4 members (excludes halogenated alkanes) is 1. The summed E-state index contributed by atoms with van der Waals surface area (Å²) in [5.41, 5.74) is 0.0143. The number of nitrogens with one attached hydrogen (secondary N) is 2. The number of benzene rings is 1. The van der Waals surface area contributed by atoms with Gasteiger partial charge in [-0.15, -0.1) is 6.58 Å². The summed E-state index contributed by atoms with van der Waals surface area (Å²) in [7, 11) is 1.57. The van der Waals surface area contributed by atoms with E-state index < -0.39 is 17.8 Å². The molecule has 0 aliphatic carbocycles. The fraction of sp³-hybridized carbons (Fsp3) is 0.364.